The Balaban J connectivity index is 2.41. The van der Waals surface area contributed by atoms with Crippen LogP contribution in [0.25, 0.3) is 0 Å². The van der Waals surface area contributed by atoms with Gasteiger partial charge in [-0.15, -0.1) is 0 Å². The van der Waals surface area contributed by atoms with E-state index < -0.39 is 0 Å². The molecule has 1 aromatic heterocycles. The van der Waals surface area contributed by atoms with E-state index >= 15 is 0 Å². The molecule has 0 saturated heterocycles. The molecule has 0 aliphatic heterocycles. The SMILES string of the molecule is CC(C)NCC(=O)Nc1ccc(Cl)nc1. The number of pyridine rings is 1. The Hall–Kier alpha value is -1.13. The van der Waals surface area contributed by atoms with Gasteiger partial charge in [-0.2, -0.15) is 0 Å². The Bertz CT molecular complexity index is 324. The first-order valence-electron chi connectivity index (χ1n) is 4.72. The molecular formula is C10H14ClN3O. The molecule has 1 heterocycles. The molecule has 82 valence electrons. The lowest BCUT2D eigenvalue weighted by Crippen LogP contribution is -2.32. The molecule has 0 saturated carbocycles. The summed E-state index contributed by atoms with van der Waals surface area (Å²) in [5, 5.41) is 6.13. The number of carbonyl (C=O) groups is 1. The fraction of sp³-hybridized carbons (Fsp3) is 0.400. The maximum Gasteiger partial charge on any atom is 0.238 e. The van der Waals surface area contributed by atoms with Crippen molar-refractivity contribution in [1.29, 1.82) is 0 Å². The third kappa shape index (κ3) is 4.76. The van der Waals surface area contributed by atoms with Crippen molar-refractivity contribution in [3.05, 3.63) is 23.5 Å². The van der Waals surface area contributed by atoms with Gasteiger partial charge >= 0.3 is 0 Å². The van der Waals surface area contributed by atoms with Gasteiger partial charge in [0, 0.05) is 6.04 Å². The second-order valence-corrected chi connectivity index (χ2v) is 3.84. The highest BCUT2D eigenvalue weighted by molar-refractivity contribution is 6.29. The van der Waals surface area contributed by atoms with Crippen LogP contribution in [0.15, 0.2) is 18.3 Å². The summed E-state index contributed by atoms with van der Waals surface area (Å²) in [6.45, 7) is 4.26. The van der Waals surface area contributed by atoms with Crippen molar-refractivity contribution < 1.29 is 4.79 Å². The number of hydrogen-bond acceptors (Lipinski definition) is 3. The van der Waals surface area contributed by atoms with Crippen molar-refractivity contribution in [3.63, 3.8) is 0 Å². The Labute approximate surface area is 94.0 Å². The predicted octanol–water partition coefficient (Wildman–Crippen LogP) is 1.67. The molecule has 0 radical (unpaired) electrons. The zero-order chi connectivity index (χ0) is 11.3. The molecule has 0 atom stereocenters. The summed E-state index contributed by atoms with van der Waals surface area (Å²) in [6, 6.07) is 3.63. The summed E-state index contributed by atoms with van der Waals surface area (Å²) in [4.78, 5) is 15.2. The number of carbonyl (C=O) groups excluding carboxylic acids is 1. The second-order valence-electron chi connectivity index (χ2n) is 3.45. The molecule has 0 bridgehead atoms. The number of nitrogens with zero attached hydrogens (tertiary/aromatic N) is 1. The summed E-state index contributed by atoms with van der Waals surface area (Å²) in [7, 11) is 0. The molecule has 0 spiro atoms. The average molecular weight is 228 g/mol. The van der Waals surface area contributed by atoms with E-state index in [9.17, 15) is 4.79 Å². The third-order valence-electron chi connectivity index (χ3n) is 1.68. The minimum Gasteiger partial charge on any atom is -0.324 e. The fourth-order valence-corrected chi connectivity index (χ4v) is 1.06. The molecule has 5 heteroatoms. The van der Waals surface area contributed by atoms with Gasteiger partial charge in [0.05, 0.1) is 18.4 Å². The van der Waals surface area contributed by atoms with E-state index in [-0.39, 0.29) is 5.91 Å². The molecule has 0 aromatic carbocycles. The minimum atomic E-state index is -0.0900. The first kappa shape index (κ1) is 11.9. The maximum absolute atomic E-state index is 11.4. The lowest BCUT2D eigenvalue weighted by Gasteiger charge is -2.08. The third-order valence-corrected chi connectivity index (χ3v) is 1.91. The highest BCUT2D eigenvalue weighted by Gasteiger charge is 2.02. The predicted molar refractivity (Wildman–Crippen MR) is 61.0 cm³/mol. The van der Waals surface area contributed by atoms with Crippen LogP contribution in [-0.4, -0.2) is 23.5 Å². The Morgan fingerprint density at radius 3 is 2.80 bits per heavy atom. The molecule has 1 aromatic rings. The molecule has 15 heavy (non-hydrogen) atoms. The highest BCUT2D eigenvalue weighted by Crippen LogP contribution is 2.09. The second kappa shape index (κ2) is 5.68. The molecule has 0 unspecified atom stereocenters. The maximum atomic E-state index is 11.4. The summed E-state index contributed by atoms with van der Waals surface area (Å²) in [6.07, 6.45) is 1.52. The fourth-order valence-electron chi connectivity index (χ4n) is 0.952. The number of hydrogen-bond donors (Lipinski definition) is 2. The summed E-state index contributed by atoms with van der Waals surface area (Å²) < 4.78 is 0. The van der Waals surface area contributed by atoms with Gasteiger partial charge in [0.1, 0.15) is 5.15 Å². The van der Waals surface area contributed by atoms with E-state index in [4.69, 9.17) is 11.6 Å². The van der Waals surface area contributed by atoms with Crippen molar-refractivity contribution in [3.8, 4) is 0 Å². The summed E-state index contributed by atoms with van der Waals surface area (Å²) >= 11 is 5.61. The Morgan fingerprint density at radius 2 is 2.27 bits per heavy atom. The first-order chi connectivity index (χ1) is 7.08. The normalized spacial score (nSPS) is 10.4. The van der Waals surface area contributed by atoms with Crippen molar-refractivity contribution in [2.75, 3.05) is 11.9 Å². The first-order valence-corrected chi connectivity index (χ1v) is 5.10. The number of nitrogens with one attached hydrogen (secondary N) is 2. The Morgan fingerprint density at radius 1 is 1.53 bits per heavy atom. The van der Waals surface area contributed by atoms with Gasteiger partial charge in [-0.05, 0) is 12.1 Å². The van der Waals surface area contributed by atoms with Crippen molar-refractivity contribution >= 4 is 23.2 Å². The van der Waals surface area contributed by atoms with Crippen LogP contribution in [0, 0.1) is 0 Å². The van der Waals surface area contributed by atoms with Crippen LogP contribution in [-0.2, 0) is 4.79 Å². The molecule has 2 N–H and O–H groups in total. The van der Waals surface area contributed by atoms with Gasteiger partial charge < -0.3 is 10.6 Å². The number of amides is 1. The van der Waals surface area contributed by atoms with Gasteiger partial charge in [-0.25, -0.2) is 4.98 Å². The highest BCUT2D eigenvalue weighted by atomic mass is 35.5. The molecule has 1 amide bonds. The summed E-state index contributed by atoms with van der Waals surface area (Å²) in [5.74, 6) is -0.0900. The van der Waals surface area contributed by atoms with Crippen LogP contribution in [0.2, 0.25) is 5.15 Å². The van der Waals surface area contributed by atoms with Crippen LogP contribution in [0.5, 0.6) is 0 Å². The summed E-state index contributed by atoms with van der Waals surface area (Å²) in [5.41, 5.74) is 0.648. The monoisotopic (exact) mass is 227 g/mol. The topological polar surface area (TPSA) is 54.0 Å². The van der Waals surface area contributed by atoms with E-state index in [1.807, 2.05) is 13.8 Å². The van der Waals surface area contributed by atoms with Gasteiger partial charge in [-0.1, -0.05) is 25.4 Å². The number of aromatic nitrogens is 1. The lowest BCUT2D eigenvalue weighted by molar-refractivity contribution is -0.115. The minimum absolute atomic E-state index is 0.0900. The van der Waals surface area contributed by atoms with Crippen LogP contribution < -0.4 is 10.6 Å². The quantitative estimate of drug-likeness (QED) is 0.770. The van der Waals surface area contributed by atoms with Gasteiger partial charge in [0.25, 0.3) is 0 Å². The van der Waals surface area contributed by atoms with E-state index in [1.165, 1.54) is 6.20 Å². The van der Waals surface area contributed by atoms with E-state index in [0.29, 0.717) is 23.4 Å². The molecule has 1 rings (SSSR count). The van der Waals surface area contributed by atoms with E-state index in [2.05, 4.69) is 15.6 Å². The number of anilines is 1. The van der Waals surface area contributed by atoms with Crippen molar-refractivity contribution in [2.24, 2.45) is 0 Å². The largest absolute Gasteiger partial charge is 0.324 e. The van der Waals surface area contributed by atoms with Crippen LogP contribution in [0.1, 0.15) is 13.8 Å². The van der Waals surface area contributed by atoms with E-state index in [0.717, 1.165) is 0 Å². The average Bonchev–Trinajstić information content (AvgIpc) is 2.19. The molecule has 0 aliphatic rings. The molecular weight excluding hydrogens is 214 g/mol. The molecule has 0 fully saturated rings. The lowest BCUT2D eigenvalue weighted by atomic mass is 10.4. The van der Waals surface area contributed by atoms with Crippen LogP contribution >= 0.6 is 11.6 Å². The van der Waals surface area contributed by atoms with Gasteiger partial charge in [-0.3, -0.25) is 4.79 Å². The van der Waals surface area contributed by atoms with Crippen molar-refractivity contribution in [2.45, 2.75) is 19.9 Å². The Kier molecular flexibility index (Phi) is 4.52. The number of halogens is 1. The molecule has 0 aliphatic carbocycles. The van der Waals surface area contributed by atoms with Gasteiger partial charge in [0.15, 0.2) is 0 Å². The van der Waals surface area contributed by atoms with E-state index in [1.54, 1.807) is 12.1 Å². The van der Waals surface area contributed by atoms with Crippen molar-refractivity contribution in [1.82, 2.24) is 10.3 Å². The zero-order valence-electron chi connectivity index (χ0n) is 8.75. The molecule has 4 nitrogen and oxygen atoms in total. The van der Waals surface area contributed by atoms with Crippen LogP contribution in [0.3, 0.4) is 0 Å². The number of rotatable bonds is 4. The zero-order valence-corrected chi connectivity index (χ0v) is 9.51. The smallest absolute Gasteiger partial charge is 0.238 e. The van der Waals surface area contributed by atoms with Crippen LogP contribution in [0.4, 0.5) is 5.69 Å². The van der Waals surface area contributed by atoms with Gasteiger partial charge in [0.2, 0.25) is 5.91 Å². The standard InChI is InChI=1S/C10H14ClN3O/c1-7(2)12-6-10(15)14-8-3-4-9(11)13-5-8/h3-5,7,12H,6H2,1-2H3,(H,14,15).